The molecule has 1 saturated carbocycles. The molecule has 3 atom stereocenters. The van der Waals surface area contributed by atoms with Crippen molar-refractivity contribution in [3.05, 3.63) is 30.1 Å². The van der Waals surface area contributed by atoms with Gasteiger partial charge < -0.3 is 10.1 Å². The Labute approximate surface area is 165 Å². The van der Waals surface area contributed by atoms with E-state index >= 15 is 0 Å². The summed E-state index contributed by atoms with van der Waals surface area (Å²) in [5, 5.41) is 3.01. The first-order valence-corrected chi connectivity index (χ1v) is 11.6. The molecule has 154 valence electrons. The molecule has 1 amide bonds. The van der Waals surface area contributed by atoms with Gasteiger partial charge in [-0.1, -0.05) is 31.4 Å². The quantitative estimate of drug-likeness (QED) is 0.809. The SMILES string of the molecule is O=C(NC[C@H]1CC[C@@H]2[C@@H](CN2S(=O)(=O)c2ccccc2F)O1)C1CCCCC1. The average Bonchev–Trinajstić information content (AvgIpc) is 2.68. The summed E-state index contributed by atoms with van der Waals surface area (Å²) in [6.45, 7) is 0.701. The number of ether oxygens (including phenoxy) is 1. The van der Waals surface area contributed by atoms with Crippen molar-refractivity contribution in [1.29, 1.82) is 0 Å². The van der Waals surface area contributed by atoms with Crippen LogP contribution in [-0.2, 0) is 19.6 Å². The molecule has 1 N–H and O–H groups in total. The number of nitrogens with one attached hydrogen (secondary N) is 1. The van der Waals surface area contributed by atoms with Gasteiger partial charge in [0.1, 0.15) is 10.7 Å². The van der Waals surface area contributed by atoms with Crippen LogP contribution < -0.4 is 5.32 Å². The van der Waals surface area contributed by atoms with E-state index in [9.17, 15) is 17.6 Å². The molecule has 0 radical (unpaired) electrons. The summed E-state index contributed by atoms with van der Waals surface area (Å²) in [5.41, 5.74) is 0. The molecule has 8 heteroatoms. The Hall–Kier alpha value is -1.51. The number of benzene rings is 1. The van der Waals surface area contributed by atoms with E-state index in [-0.39, 0.29) is 41.5 Å². The van der Waals surface area contributed by atoms with Gasteiger partial charge in [0.05, 0.1) is 18.2 Å². The van der Waals surface area contributed by atoms with Crippen LogP contribution in [0.2, 0.25) is 0 Å². The Morgan fingerprint density at radius 3 is 2.61 bits per heavy atom. The van der Waals surface area contributed by atoms with Crippen LogP contribution in [-0.4, -0.2) is 50.0 Å². The van der Waals surface area contributed by atoms with Gasteiger partial charge in [-0.05, 0) is 37.8 Å². The van der Waals surface area contributed by atoms with Crippen LogP contribution in [0.25, 0.3) is 0 Å². The fraction of sp³-hybridized carbons (Fsp3) is 0.650. The number of fused-ring (bicyclic) bond motifs is 1. The fourth-order valence-corrected chi connectivity index (χ4v) is 6.31. The lowest BCUT2D eigenvalue weighted by Gasteiger charge is -2.50. The predicted molar refractivity (Wildman–Crippen MR) is 102 cm³/mol. The van der Waals surface area contributed by atoms with E-state index in [0.29, 0.717) is 19.4 Å². The highest BCUT2D eigenvalue weighted by Crippen LogP contribution is 2.37. The van der Waals surface area contributed by atoms with Gasteiger partial charge in [-0.25, -0.2) is 12.8 Å². The van der Waals surface area contributed by atoms with E-state index in [4.69, 9.17) is 4.74 Å². The number of rotatable bonds is 5. The first-order valence-electron chi connectivity index (χ1n) is 10.2. The maximum absolute atomic E-state index is 13.9. The number of carbonyl (C=O) groups is 1. The summed E-state index contributed by atoms with van der Waals surface area (Å²) < 4.78 is 46.8. The maximum atomic E-state index is 13.9. The molecule has 2 heterocycles. The number of sulfonamides is 1. The van der Waals surface area contributed by atoms with Crippen molar-refractivity contribution in [2.75, 3.05) is 13.1 Å². The molecule has 0 bridgehead atoms. The minimum Gasteiger partial charge on any atom is -0.370 e. The molecule has 0 spiro atoms. The van der Waals surface area contributed by atoms with Gasteiger partial charge in [0, 0.05) is 19.0 Å². The van der Waals surface area contributed by atoms with E-state index in [1.54, 1.807) is 0 Å². The second-order valence-corrected chi connectivity index (χ2v) is 9.89. The van der Waals surface area contributed by atoms with Crippen molar-refractivity contribution in [2.45, 2.75) is 68.1 Å². The molecular weight excluding hydrogens is 383 g/mol. The van der Waals surface area contributed by atoms with Gasteiger partial charge in [0.15, 0.2) is 0 Å². The molecule has 3 fully saturated rings. The van der Waals surface area contributed by atoms with Crippen molar-refractivity contribution < 1.29 is 22.3 Å². The topological polar surface area (TPSA) is 75.7 Å². The molecular formula is C20H27FN2O4S. The summed E-state index contributed by atoms with van der Waals surface area (Å²) in [6.07, 6.45) is 6.43. The van der Waals surface area contributed by atoms with Crippen LogP contribution in [0.15, 0.2) is 29.2 Å². The lowest BCUT2D eigenvalue weighted by atomic mass is 9.88. The summed E-state index contributed by atoms with van der Waals surface area (Å²) in [6, 6.07) is 5.20. The van der Waals surface area contributed by atoms with Crippen LogP contribution in [0.5, 0.6) is 0 Å². The standard InChI is InChI=1S/C20H27FN2O4S/c21-16-8-4-5-9-19(16)28(25,26)23-13-18-17(23)11-10-15(27-18)12-22-20(24)14-6-2-1-3-7-14/h4-5,8-9,14-15,17-18H,1-3,6-7,10-13H2,(H,22,24)/t15-,17-,18-/m1/s1. The third-order valence-corrected chi connectivity index (χ3v) is 8.14. The lowest BCUT2D eigenvalue weighted by molar-refractivity contribution is -0.142. The summed E-state index contributed by atoms with van der Waals surface area (Å²) in [7, 11) is -3.85. The molecule has 3 aliphatic rings. The normalized spacial score (nSPS) is 29.0. The predicted octanol–water partition coefficient (Wildman–Crippen LogP) is 2.44. The van der Waals surface area contributed by atoms with E-state index < -0.39 is 15.8 Å². The van der Waals surface area contributed by atoms with Gasteiger partial charge in [-0.2, -0.15) is 4.31 Å². The van der Waals surface area contributed by atoms with E-state index in [2.05, 4.69) is 5.32 Å². The molecule has 1 aromatic rings. The summed E-state index contributed by atoms with van der Waals surface area (Å²) in [5.74, 6) is -0.496. The first kappa shape index (κ1) is 19.8. The zero-order valence-corrected chi connectivity index (χ0v) is 16.7. The van der Waals surface area contributed by atoms with Gasteiger partial charge in [-0.3, -0.25) is 4.79 Å². The Kier molecular flexibility index (Phi) is 5.71. The zero-order valence-electron chi connectivity index (χ0n) is 15.8. The molecule has 1 aliphatic carbocycles. The molecule has 2 saturated heterocycles. The largest absolute Gasteiger partial charge is 0.370 e. The molecule has 0 aromatic heterocycles. The van der Waals surface area contributed by atoms with Crippen LogP contribution in [0.3, 0.4) is 0 Å². The van der Waals surface area contributed by atoms with Crippen molar-refractivity contribution in [3.8, 4) is 0 Å². The molecule has 28 heavy (non-hydrogen) atoms. The molecule has 1 aromatic carbocycles. The van der Waals surface area contributed by atoms with Crippen LogP contribution in [0, 0.1) is 11.7 Å². The highest BCUT2D eigenvalue weighted by molar-refractivity contribution is 7.89. The van der Waals surface area contributed by atoms with E-state index in [0.717, 1.165) is 31.7 Å². The van der Waals surface area contributed by atoms with Crippen LogP contribution >= 0.6 is 0 Å². The van der Waals surface area contributed by atoms with Crippen molar-refractivity contribution in [3.63, 3.8) is 0 Å². The Balaban J connectivity index is 1.30. The number of hydrogen-bond acceptors (Lipinski definition) is 4. The first-order chi connectivity index (χ1) is 13.5. The Morgan fingerprint density at radius 2 is 1.89 bits per heavy atom. The minimum atomic E-state index is -3.85. The van der Waals surface area contributed by atoms with E-state index in [1.807, 2.05) is 0 Å². The zero-order chi connectivity index (χ0) is 19.7. The molecule has 6 nitrogen and oxygen atoms in total. The highest BCUT2D eigenvalue weighted by Gasteiger charge is 2.50. The third-order valence-electron chi connectivity index (χ3n) is 6.21. The highest BCUT2D eigenvalue weighted by atomic mass is 32.2. The second kappa shape index (κ2) is 8.08. The molecule has 0 unspecified atom stereocenters. The minimum absolute atomic E-state index is 0.0906. The van der Waals surface area contributed by atoms with Crippen molar-refractivity contribution >= 4 is 15.9 Å². The Bertz CT molecular complexity index is 825. The van der Waals surface area contributed by atoms with Gasteiger partial charge in [-0.15, -0.1) is 0 Å². The van der Waals surface area contributed by atoms with Crippen molar-refractivity contribution in [2.24, 2.45) is 5.92 Å². The smallest absolute Gasteiger partial charge is 0.246 e. The number of nitrogens with zero attached hydrogens (tertiary/aromatic N) is 1. The van der Waals surface area contributed by atoms with Crippen molar-refractivity contribution in [1.82, 2.24) is 9.62 Å². The number of hydrogen-bond donors (Lipinski definition) is 1. The monoisotopic (exact) mass is 410 g/mol. The number of halogens is 1. The third kappa shape index (κ3) is 3.82. The summed E-state index contributed by atoms with van der Waals surface area (Å²) in [4.78, 5) is 12.0. The fourth-order valence-electron chi connectivity index (χ4n) is 4.55. The maximum Gasteiger partial charge on any atom is 0.246 e. The average molecular weight is 411 g/mol. The van der Waals surface area contributed by atoms with Gasteiger partial charge >= 0.3 is 0 Å². The van der Waals surface area contributed by atoms with Crippen LogP contribution in [0.1, 0.15) is 44.9 Å². The summed E-state index contributed by atoms with van der Waals surface area (Å²) >= 11 is 0. The molecule has 4 rings (SSSR count). The van der Waals surface area contributed by atoms with Crippen LogP contribution in [0.4, 0.5) is 4.39 Å². The lowest BCUT2D eigenvalue weighted by Crippen LogP contribution is -2.66. The second-order valence-electron chi connectivity index (χ2n) is 8.03. The molecule has 2 aliphatic heterocycles. The number of carbonyl (C=O) groups excluding carboxylic acids is 1. The Morgan fingerprint density at radius 1 is 1.14 bits per heavy atom. The van der Waals surface area contributed by atoms with Gasteiger partial charge in [0.25, 0.3) is 0 Å². The number of amides is 1. The van der Waals surface area contributed by atoms with E-state index in [1.165, 1.54) is 28.9 Å². The van der Waals surface area contributed by atoms with Gasteiger partial charge in [0.2, 0.25) is 15.9 Å².